The van der Waals surface area contributed by atoms with Crippen molar-refractivity contribution in [3.63, 3.8) is 0 Å². The Morgan fingerprint density at radius 2 is 0.771 bits per heavy atom. The zero-order valence-electron chi connectivity index (χ0n) is 29.8. The number of aliphatic imine (C=N–C) groups is 2. The van der Waals surface area contributed by atoms with Gasteiger partial charge in [-0.25, -0.2) is 9.97 Å². The predicted molar refractivity (Wildman–Crippen MR) is 204 cm³/mol. The molecule has 242 valence electrons. The maximum Gasteiger partial charge on any atom is 0.134 e. The van der Waals surface area contributed by atoms with E-state index in [-0.39, 0.29) is 22.2 Å². The second-order valence-corrected chi connectivity index (χ2v) is 15.8. The van der Waals surface area contributed by atoms with E-state index < -0.39 is 0 Å². The van der Waals surface area contributed by atoms with Gasteiger partial charge in [-0.1, -0.05) is 24.3 Å². The van der Waals surface area contributed by atoms with E-state index in [1.807, 2.05) is 12.4 Å². The molecule has 0 spiro atoms. The van der Waals surface area contributed by atoms with Crippen molar-refractivity contribution in [1.82, 2.24) is 9.97 Å². The summed E-state index contributed by atoms with van der Waals surface area (Å²) >= 11 is 0. The number of anilines is 2. The molecular weight excluding hydrogens is 589 g/mol. The molecule has 0 saturated carbocycles. The summed E-state index contributed by atoms with van der Waals surface area (Å²) in [4.78, 5) is 24.3. The van der Waals surface area contributed by atoms with E-state index in [1.165, 1.54) is 43.4 Å². The molecular formula is C42H44N6. The first-order valence-electron chi connectivity index (χ1n) is 17.0. The highest BCUT2D eigenvalue weighted by molar-refractivity contribution is 6.24. The lowest BCUT2D eigenvalue weighted by Crippen LogP contribution is -2.53. The highest BCUT2D eigenvalue weighted by Crippen LogP contribution is 2.43. The average Bonchev–Trinajstić information content (AvgIpc) is 3.31. The van der Waals surface area contributed by atoms with Gasteiger partial charge in [0.25, 0.3) is 0 Å². The molecule has 2 aromatic heterocycles. The van der Waals surface area contributed by atoms with Gasteiger partial charge in [0, 0.05) is 23.5 Å². The van der Waals surface area contributed by atoms with Gasteiger partial charge in [-0.15, -0.1) is 0 Å². The Labute approximate surface area is 283 Å². The summed E-state index contributed by atoms with van der Waals surface area (Å²) in [5.41, 5.74) is 3.84. The number of rotatable bonds is 4. The molecule has 0 atom stereocenters. The van der Waals surface area contributed by atoms with Crippen molar-refractivity contribution < 1.29 is 0 Å². The lowest BCUT2D eigenvalue weighted by molar-refractivity contribution is 0.337. The number of hydrogen-bond donors (Lipinski definition) is 0. The Hall–Kier alpha value is -4.84. The first-order valence-corrected chi connectivity index (χ1v) is 17.0. The Kier molecular flexibility index (Phi) is 6.26. The summed E-state index contributed by atoms with van der Waals surface area (Å²) in [6.45, 7) is 21.9. The van der Waals surface area contributed by atoms with Crippen LogP contribution in [0.25, 0.3) is 54.6 Å². The number of benzene rings is 4. The van der Waals surface area contributed by atoms with E-state index >= 15 is 0 Å². The van der Waals surface area contributed by atoms with Crippen molar-refractivity contribution in [2.45, 2.75) is 91.4 Å². The third-order valence-corrected chi connectivity index (χ3v) is 11.8. The first kappa shape index (κ1) is 30.5. The minimum atomic E-state index is -0.188. The highest BCUT2D eigenvalue weighted by atomic mass is 15.4. The number of nitrogens with zero attached hydrogens (tertiary/aromatic N) is 6. The fraction of sp³-hybridized carbons (Fsp3) is 0.333. The van der Waals surface area contributed by atoms with Gasteiger partial charge in [0.05, 0.1) is 22.2 Å². The van der Waals surface area contributed by atoms with Crippen molar-refractivity contribution in [3.05, 3.63) is 85.2 Å². The SMILES string of the molecule is CC1=NC(C)(C)C(C)(C)N1c1ccc(-c2cc3ccc4cc(-c5ccc(N6C(C)=NC(C)(C)C6(C)C)nc5)cc5ccc(c2)c3c45)cn1. The predicted octanol–water partition coefficient (Wildman–Crippen LogP) is 10.3. The third-order valence-electron chi connectivity index (χ3n) is 11.8. The molecule has 0 amide bonds. The van der Waals surface area contributed by atoms with Crippen molar-refractivity contribution in [3.8, 4) is 22.3 Å². The maximum absolute atomic E-state index is 4.94. The van der Waals surface area contributed by atoms with Crippen LogP contribution in [0.5, 0.6) is 0 Å². The van der Waals surface area contributed by atoms with Gasteiger partial charge in [0.15, 0.2) is 0 Å². The van der Waals surface area contributed by atoms with Crippen LogP contribution in [0.15, 0.2) is 95.2 Å². The minimum absolute atomic E-state index is 0.168. The lowest BCUT2D eigenvalue weighted by atomic mass is 9.83. The van der Waals surface area contributed by atoms with Gasteiger partial charge in [-0.2, -0.15) is 0 Å². The minimum Gasteiger partial charge on any atom is -0.307 e. The Bertz CT molecular complexity index is 2070. The Balaban J connectivity index is 1.13. The molecule has 6 heteroatoms. The van der Waals surface area contributed by atoms with Crippen LogP contribution >= 0.6 is 0 Å². The maximum atomic E-state index is 4.94. The van der Waals surface area contributed by atoms with Gasteiger partial charge in [0.1, 0.15) is 23.3 Å². The van der Waals surface area contributed by atoms with Crippen LogP contribution < -0.4 is 9.80 Å². The molecule has 0 radical (unpaired) electrons. The Morgan fingerprint density at radius 1 is 0.438 bits per heavy atom. The largest absolute Gasteiger partial charge is 0.307 e. The van der Waals surface area contributed by atoms with Gasteiger partial charge >= 0.3 is 0 Å². The summed E-state index contributed by atoms with van der Waals surface area (Å²) in [6.07, 6.45) is 4.00. The van der Waals surface area contributed by atoms with E-state index in [1.54, 1.807) is 0 Å². The molecule has 6 aromatic rings. The molecule has 8 rings (SSSR count). The van der Waals surface area contributed by atoms with E-state index in [0.29, 0.717) is 0 Å². The van der Waals surface area contributed by atoms with Gasteiger partial charge in [-0.3, -0.25) is 9.98 Å². The van der Waals surface area contributed by atoms with Gasteiger partial charge in [-0.05, 0) is 161 Å². The topological polar surface area (TPSA) is 57.0 Å². The third kappa shape index (κ3) is 4.24. The highest BCUT2D eigenvalue weighted by Gasteiger charge is 2.49. The second kappa shape index (κ2) is 9.85. The van der Waals surface area contributed by atoms with Crippen molar-refractivity contribution in [2.75, 3.05) is 9.80 Å². The molecule has 0 bridgehead atoms. The smallest absolute Gasteiger partial charge is 0.134 e. The quantitative estimate of drug-likeness (QED) is 0.182. The normalized spacial score (nSPS) is 19.5. The van der Waals surface area contributed by atoms with Crippen LogP contribution in [0.2, 0.25) is 0 Å². The number of hydrogen-bond acceptors (Lipinski definition) is 6. The van der Waals surface area contributed by atoms with Crippen molar-refractivity contribution in [1.29, 1.82) is 0 Å². The molecule has 2 aliphatic heterocycles. The number of pyridine rings is 2. The standard InChI is InChI=1S/C42H44N6/c1-25-45-39(3,4)41(7,8)47(25)35-17-15-31(23-43-35)33-19-27-11-13-29-21-34(22-30-14-12-28(20-33)37(27)38(29)30)32-16-18-36(44-24-32)48-26(2)46-40(5,6)42(48,9)10/h11-24H,1-10H3. The van der Waals surface area contributed by atoms with Crippen molar-refractivity contribution in [2.24, 2.45) is 9.98 Å². The fourth-order valence-electron chi connectivity index (χ4n) is 7.99. The number of amidine groups is 2. The fourth-order valence-corrected chi connectivity index (χ4v) is 7.99. The molecule has 2 aliphatic rings. The molecule has 4 heterocycles. The van der Waals surface area contributed by atoms with Crippen LogP contribution in [0.1, 0.15) is 69.2 Å². The lowest BCUT2D eigenvalue weighted by Gasteiger charge is -2.40. The zero-order chi connectivity index (χ0) is 34.0. The molecule has 0 aliphatic carbocycles. The van der Waals surface area contributed by atoms with Crippen LogP contribution in [-0.4, -0.2) is 43.8 Å². The monoisotopic (exact) mass is 632 g/mol. The summed E-state index contributed by atoms with van der Waals surface area (Å²) in [5.74, 6) is 3.87. The Morgan fingerprint density at radius 3 is 1.02 bits per heavy atom. The molecule has 48 heavy (non-hydrogen) atoms. The molecule has 0 unspecified atom stereocenters. The summed E-state index contributed by atoms with van der Waals surface area (Å²) in [6, 6.07) is 26.9. The van der Waals surface area contributed by atoms with E-state index in [0.717, 1.165) is 34.4 Å². The van der Waals surface area contributed by atoms with Crippen LogP contribution in [-0.2, 0) is 0 Å². The summed E-state index contributed by atoms with van der Waals surface area (Å²) in [7, 11) is 0. The first-order chi connectivity index (χ1) is 22.6. The zero-order valence-corrected chi connectivity index (χ0v) is 29.8. The molecule has 0 saturated heterocycles. The van der Waals surface area contributed by atoms with E-state index in [4.69, 9.17) is 20.0 Å². The van der Waals surface area contributed by atoms with Gasteiger partial charge in [0.2, 0.25) is 0 Å². The van der Waals surface area contributed by atoms with Gasteiger partial charge < -0.3 is 9.80 Å². The summed E-state index contributed by atoms with van der Waals surface area (Å²) in [5, 5.41) is 7.56. The van der Waals surface area contributed by atoms with Crippen LogP contribution in [0.4, 0.5) is 11.6 Å². The molecule has 0 fully saturated rings. The van der Waals surface area contributed by atoms with Crippen LogP contribution in [0, 0.1) is 0 Å². The molecule has 4 aromatic carbocycles. The second-order valence-electron chi connectivity index (χ2n) is 15.8. The summed E-state index contributed by atoms with van der Waals surface area (Å²) < 4.78 is 0. The average molecular weight is 633 g/mol. The van der Waals surface area contributed by atoms with E-state index in [2.05, 4.69) is 152 Å². The number of aromatic nitrogens is 2. The van der Waals surface area contributed by atoms with E-state index in [9.17, 15) is 0 Å². The molecule has 0 N–H and O–H groups in total. The van der Waals surface area contributed by atoms with Crippen molar-refractivity contribution >= 4 is 55.6 Å². The van der Waals surface area contributed by atoms with Crippen LogP contribution in [0.3, 0.4) is 0 Å². The molecule has 6 nitrogen and oxygen atoms in total.